The number of hydrogen-bond acceptors (Lipinski definition) is 2. The van der Waals surface area contributed by atoms with E-state index in [4.69, 9.17) is 10.2 Å². The van der Waals surface area contributed by atoms with Crippen molar-refractivity contribution in [1.82, 2.24) is 0 Å². The fourth-order valence-electron chi connectivity index (χ4n) is 1.50. The van der Waals surface area contributed by atoms with Gasteiger partial charge in [0.2, 0.25) is 0 Å². The average Bonchev–Trinajstić information content (AvgIpc) is 2.15. The van der Waals surface area contributed by atoms with Crippen LogP contribution in [0.25, 0.3) is 0 Å². The summed E-state index contributed by atoms with van der Waals surface area (Å²) in [5.41, 5.74) is -1.66. The molecule has 0 radical (unpaired) electrons. The largest absolute Gasteiger partial charge is 1.00 e. The number of rotatable bonds is 7. The Hall–Kier alpha value is 0.537. The predicted molar refractivity (Wildman–Crippen MR) is 58.9 cm³/mol. The first-order chi connectivity index (χ1) is 6.87. The summed E-state index contributed by atoms with van der Waals surface area (Å²) in [6, 6.07) is 0. The fraction of sp³-hybridized carbons (Fsp3) is 0.818. The summed E-state index contributed by atoms with van der Waals surface area (Å²) in [5, 5.41) is 17.9. The van der Waals surface area contributed by atoms with Crippen LogP contribution in [0.3, 0.4) is 0 Å². The molecule has 0 aliphatic carbocycles. The molecular formula is C11H22LiNaO4. The molecule has 1 atom stereocenters. The van der Waals surface area contributed by atoms with Crippen molar-refractivity contribution in [3.63, 3.8) is 0 Å². The molecule has 0 heterocycles. The van der Waals surface area contributed by atoms with Gasteiger partial charge < -0.3 is 13.1 Å². The molecular weight excluding hydrogens is 226 g/mol. The minimum absolute atomic E-state index is 0. The zero-order chi connectivity index (χ0) is 12.1. The van der Waals surface area contributed by atoms with Crippen molar-refractivity contribution in [2.45, 2.75) is 46.5 Å². The van der Waals surface area contributed by atoms with Crippen LogP contribution < -0.4 is 48.4 Å². The van der Waals surface area contributed by atoms with Crippen molar-refractivity contribution in [2.75, 3.05) is 0 Å². The topological polar surface area (TPSA) is 74.6 Å². The van der Waals surface area contributed by atoms with Gasteiger partial charge in [0, 0.05) is 0 Å². The predicted octanol–water partition coefficient (Wildman–Crippen LogP) is -3.39. The van der Waals surface area contributed by atoms with E-state index < -0.39 is 17.4 Å². The maximum atomic E-state index is 11.0. The van der Waals surface area contributed by atoms with Crippen molar-refractivity contribution < 1.29 is 71.1 Å². The first kappa shape index (κ1) is 22.7. The number of carbonyl (C=O) groups is 2. The monoisotopic (exact) mass is 248 g/mol. The van der Waals surface area contributed by atoms with Crippen LogP contribution in [0, 0.1) is 11.3 Å². The molecule has 2 N–H and O–H groups in total. The summed E-state index contributed by atoms with van der Waals surface area (Å²) in [6.45, 7) is 5.03. The number of carboxylic acid groups (broad SMARTS) is 2. The Morgan fingerprint density at radius 2 is 1.65 bits per heavy atom. The van der Waals surface area contributed by atoms with Gasteiger partial charge in [-0.15, -0.1) is 0 Å². The van der Waals surface area contributed by atoms with E-state index in [-0.39, 0.29) is 57.2 Å². The van der Waals surface area contributed by atoms with Crippen molar-refractivity contribution >= 4 is 11.9 Å². The second kappa shape index (κ2) is 10.5. The van der Waals surface area contributed by atoms with Crippen LogP contribution >= 0.6 is 0 Å². The van der Waals surface area contributed by atoms with Crippen LogP contribution in [0.15, 0.2) is 0 Å². The van der Waals surface area contributed by atoms with E-state index in [1.54, 1.807) is 6.92 Å². The quantitative estimate of drug-likeness (QED) is 0.280. The first-order valence-corrected chi connectivity index (χ1v) is 5.34. The zero-order valence-corrected chi connectivity index (χ0v) is 13.6. The normalized spacial score (nSPS) is 11.9. The Balaban J connectivity index is -0.000000163. The number of aliphatic carboxylic acids is 2. The molecule has 0 aromatic rings. The van der Waals surface area contributed by atoms with E-state index in [1.165, 1.54) is 6.92 Å². The first-order valence-electron chi connectivity index (χ1n) is 5.34. The summed E-state index contributed by atoms with van der Waals surface area (Å²) in [5.74, 6) is -2.85. The van der Waals surface area contributed by atoms with Gasteiger partial charge in [-0.25, -0.2) is 0 Å². The van der Waals surface area contributed by atoms with Crippen LogP contribution in [0.4, 0.5) is 0 Å². The molecule has 92 valence electrons. The minimum atomic E-state index is -1.66. The zero-order valence-electron chi connectivity index (χ0n) is 13.6. The van der Waals surface area contributed by atoms with Gasteiger partial charge >= 0.3 is 60.4 Å². The van der Waals surface area contributed by atoms with Crippen molar-refractivity contribution in [3.05, 3.63) is 0 Å². The van der Waals surface area contributed by atoms with Crippen LogP contribution in [0.1, 0.15) is 49.3 Å². The molecule has 17 heavy (non-hydrogen) atoms. The molecule has 0 aromatic heterocycles. The number of carboxylic acids is 2. The summed E-state index contributed by atoms with van der Waals surface area (Å²) in [4.78, 5) is 21.9. The molecule has 0 aliphatic heterocycles. The summed E-state index contributed by atoms with van der Waals surface area (Å²) < 4.78 is 0. The second-order valence-electron chi connectivity index (χ2n) is 4.21. The molecule has 0 aromatic carbocycles. The third-order valence-corrected chi connectivity index (χ3v) is 3.11. The van der Waals surface area contributed by atoms with Gasteiger partial charge in [-0.3, -0.25) is 9.59 Å². The molecule has 0 aliphatic rings. The summed E-state index contributed by atoms with van der Waals surface area (Å²) in [6.07, 6.45) is 3.58. The molecule has 0 bridgehead atoms. The van der Waals surface area contributed by atoms with Gasteiger partial charge in [-0.05, 0) is 19.3 Å². The van der Waals surface area contributed by atoms with Crippen LogP contribution in [0.5, 0.6) is 0 Å². The third-order valence-electron chi connectivity index (χ3n) is 3.11. The van der Waals surface area contributed by atoms with Gasteiger partial charge in [0.15, 0.2) is 5.41 Å². The molecule has 0 amide bonds. The van der Waals surface area contributed by atoms with E-state index >= 15 is 0 Å². The van der Waals surface area contributed by atoms with E-state index in [0.29, 0.717) is 6.42 Å². The molecule has 6 heteroatoms. The Kier molecular flexibility index (Phi) is 14.0. The smallest absolute Gasteiger partial charge is 1.00 e. The number of hydrogen-bond donors (Lipinski definition) is 2. The van der Waals surface area contributed by atoms with Crippen molar-refractivity contribution in [3.8, 4) is 0 Å². The minimum Gasteiger partial charge on any atom is -1.00 e. The summed E-state index contributed by atoms with van der Waals surface area (Å²) >= 11 is 0. The Morgan fingerprint density at radius 1 is 1.24 bits per heavy atom. The van der Waals surface area contributed by atoms with Crippen LogP contribution in [0.2, 0.25) is 0 Å². The molecule has 0 rings (SSSR count). The standard InChI is InChI=1S/C11H20O4.Li.Na.2H/c1-4-5-6-7-8(2)11(3,9(12)13)10(14)15;;;;/h8H,4-7H2,1-3H3,(H,12,13)(H,14,15);;;;/q;2*+1;2*-1. The Bertz CT molecular complexity index is 241. The van der Waals surface area contributed by atoms with E-state index in [0.717, 1.165) is 19.3 Å². The van der Waals surface area contributed by atoms with Crippen molar-refractivity contribution in [1.29, 1.82) is 0 Å². The molecule has 0 saturated heterocycles. The van der Waals surface area contributed by atoms with Crippen LogP contribution in [-0.2, 0) is 9.59 Å². The van der Waals surface area contributed by atoms with Gasteiger partial charge in [-0.2, -0.15) is 0 Å². The van der Waals surface area contributed by atoms with Gasteiger partial charge in [0.05, 0.1) is 0 Å². The molecule has 4 nitrogen and oxygen atoms in total. The van der Waals surface area contributed by atoms with E-state index in [1.807, 2.05) is 0 Å². The fourth-order valence-corrected chi connectivity index (χ4v) is 1.50. The van der Waals surface area contributed by atoms with Crippen molar-refractivity contribution in [2.24, 2.45) is 11.3 Å². The van der Waals surface area contributed by atoms with Crippen LogP contribution in [-0.4, -0.2) is 22.2 Å². The molecule has 1 unspecified atom stereocenters. The maximum Gasteiger partial charge on any atom is 1.00 e. The van der Waals surface area contributed by atoms with E-state index in [9.17, 15) is 9.59 Å². The maximum absolute atomic E-state index is 11.0. The summed E-state index contributed by atoms with van der Waals surface area (Å²) in [7, 11) is 0. The third kappa shape index (κ3) is 6.31. The van der Waals surface area contributed by atoms with Gasteiger partial charge in [0.1, 0.15) is 0 Å². The number of unbranched alkanes of at least 4 members (excludes halogenated alkanes) is 2. The van der Waals surface area contributed by atoms with E-state index in [2.05, 4.69) is 6.92 Å². The Morgan fingerprint density at radius 3 is 1.94 bits per heavy atom. The Labute approximate surface area is 140 Å². The average molecular weight is 248 g/mol. The molecule has 0 spiro atoms. The SMILES string of the molecule is CCCCCC(C)C(C)(C(=O)O)C(=O)O.[H-].[H-].[Li+].[Na+]. The second-order valence-corrected chi connectivity index (χ2v) is 4.21. The van der Waals surface area contributed by atoms with Gasteiger partial charge in [0.25, 0.3) is 0 Å². The van der Waals surface area contributed by atoms with Gasteiger partial charge in [-0.1, -0.05) is 33.1 Å². The molecule has 0 fully saturated rings. The molecule has 0 saturated carbocycles.